The second-order valence-corrected chi connectivity index (χ2v) is 7.09. The molecule has 0 aromatic heterocycles. The molecule has 0 amide bonds. The zero-order chi connectivity index (χ0) is 19.2. The summed E-state index contributed by atoms with van der Waals surface area (Å²) in [6.07, 6.45) is 2.65. The third-order valence-corrected chi connectivity index (χ3v) is 5.10. The Hall–Kier alpha value is -2.50. The van der Waals surface area contributed by atoms with E-state index in [1.54, 1.807) is 12.1 Å². The molecule has 3 rings (SSSR count). The van der Waals surface area contributed by atoms with Gasteiger partial charge in [0.15, 0.2) is 0 Å². The standard InChI is InChI=1S/C21H20ClNO4/c22-19-8-6-17(7-9-19)21-18(10-16(12-24)11-20(21)23(25)26)14-27-13-15-4-2-1-3-5-15/h1-10,12,18,20-21H,11,13-14H2/t18-,20+,21-/m1/s1. The Labute approximate surface area is 162 Å². The molecule has 0 aliphatic heterocycles. The second-order valence-electron chi connectivity index (χ2n) is 6.66. The number of rotatable bonds is 7. The fourth-order valence-electron chi connectivity index (χ4n) is 3.59. The van der Waals surface area contributed by atoms with Gasteiger partial charge in [-0.3, -0.25) is 14.9 Å². The lowest BCUT2D eigenvalue weighted by atomic mass is 9.74. The Morgan fingerprint density at radius 1 is 1.15 bits per heavy atom. The van der Waals surface area contributed by atoms with Crippen LogP contribution in [0, 0.1) is 16.0 Å². The number of aldehydes is 1. The lowest BCUT2D eigenvalue weighted by Gasteiger charge is -2.31. The van der Waals surface area contributed by atoms with Gasteiger partial charge < -0.3 is 4.74 Å². The van der Waals surface area contributed by atoms with Crippen molar-refractivity contribution >= 4 is 17.9 Å². The van der Waals surface area contributed by atoms with Gasteiger partial charge in [-0.05, 0) is 28.8 Å². The Kier molecular flexibility index (Phi) is 6.37. The molecule has 5 nitrogen and oxygen atoms in total. The number of nitro groups is 1. The topological polar surface area (TPSA) is 69.4 Å². The zero-order valence-corrected chi connectivity index (χ0v) is 15.4. The van der Waals surface area contributed by atoms with Crippen LogP contribution < -0.4 is 0 Å². The van der Waals surface area contributed by atoms with Crippen molar-refractivity contribution in [2.45, 2.75) is 25.0 Å². The van der Waals surface area contributed by atoms with Crippen LogP contribution in [-0.4, -0.2) is 23.9 Å². The molecule has 0 unspecified atom stereocenters. The van der Waals surface area contributed by atoms with Gasteiger partial charge in [-0.2, -0.15) is 0 Å². The van der Waals surface area contributed by atoms with Crippen molar-refractivity contribution in [1.29, 1.82) is 0 Å². The number of carbonyl (C=O) groups is 1. The summed E-state index contributed by atoms with van der Waals surface area (Å²) in [6.45, 7) is 0.710. The van der Waals surface area contributed by atoms with Gasteiger partial charge in [0.05, 0.1) is 19.1 Å². The van der Waals surface area contributed by atoms with E-state index >= 15 is 0 Å². The molecule has 0 radical (unpaired) electrons. The molecule has 1 aliphatic rings. The van der Waals surface area contributed by atoms with Gasteiger partial charge in [0.25, 0.3) is 0 Å². The normalized spacial score (nSPS) is 22.1. The van der Waals surface area contributed by atoms with Crippen LogP contribution in [0.4, 0.5) is 0 Å². The number of nitrogens with zero attached hydrogens (tertiary/aromatic N) is 1. The van der Waals surface area contributed by atoms with Gasteiger partial charge in [0, 0.05) is 22.3 Å². The molecule has 0 spiro atoms. The highest BCUT2D eigenvalue weighted by Crippen LogP contribution is 2.38. The van der Waals surface area contributed by atoms with E-state index in [-0.39, 0.29) is 23.2 Å². The highest BCUT2D eigenvalue weighted by molar-refractivity contribution is 6.30. The fraction of sp³-hybridized carbons (Fsp3) is 0.286. The highest BCUT2D eigenvalue weighted by Gasteiger charge is 2.41. The van der Waals surface area contributed by atoms with E-state index in [4.69, 9.17) is 16.3 Å². The molecule has 2 aromatic rings. The van der Waals surface area contributed by atoms with E-state index in [0.29, 0.717) is 30.1 Å². The first-order valence-corrected chi connectivity index (χ1v) is 9.13. The molecule has 6 heteroatoms. The lowest BCUT2D eigenvalue weighted by molar-refractivity contribution is -0.528. The van der Waals surface area contributed by atoms with Crippen molar-refractivity contribution in [3.8, 4) is 0 Å². The van der Waals surface area contributed by atoms with Crippen LogP contribution in [0.2, 0.25) is 5.02 Å². The fourth-order valence-corrected chi connectivity index (χ4v) is 3.71. The maximum atomic E-state index is 11.7. The summed E-state index contributed by atoms with van der Waals surface area (Å²) in [7, 11) is 0. The zero-order valence-electron chi connectivity index (χ0n) is 14.7. The van der Waals surface area contributed by atoms with Crippen LogP contribution in [0.5, 0.6) is 0 Å². The van der Waals surface area contributed by atoms with Crippen molar-refractivity contribution in [3.63, 3.8) is 0 Å². The molecule has 0 fully saturated rings. The summed E-state index contributed by atoms with van der Waals surface area (Å²) in [5.74, 6) is -0.643. The number of ether oxygens (including phenoxy) is 1. The summed E-state index contributed by atoms with van der Waals surface area (Å²) >= 11 is 5.97. The van der Waals surface area contributed by atoms with Crippen molar-refractivity contribution in [2.24, 2.45) is 5.92 Å². The summed E-state index contributed by atoms with van der Waals surface area (Å²) < 4.78 is 5.85. The molecule has 0 saturated carbocycles. The van der Waals surface area contributed by atoms with Crippen molar-refractivity contribution < 1.29 is 14.5 Å². The minimum absolute atomic E-state index is 0.124. The van der Waals surface area contributed by atoms with E-state index in [9.17, 15) is 14.9 Å². The average Bonchev–Trinajstić information content (AvgIpc) is 2.69. The first-order chi connectivity index (χ1) is 13.1. The molecule has 140 valence electrons. The summed E-state index contributed by atoms with van der Waals surface area (Å²) in [4.78, 5) is 22.7. The van der Waals surface area contributed by atoms with Crippen LogP contribution in [0.25, 0.3) is 0 Å². The van der Waals surface area contributed by atoms with Crippen molar-refractivity contribution in [3.05, 3.63) is 92.5 Å². The Morgan fingerprint density at radius 2 is 1.85 bits per heavy atom. The van der Waals surface area contributed by atoms with Crippen LogP contribution in [0.1, 0.15) is 23.5 Å². The van der Waals surface area contributed by atoms with E-state index in [1.165, 1.54) is 0 Å². The maximum absolute atomic E-state index is 11.7. The summed E-state index contributed by atoms with van der Waals surface area (Å²) in [5, 5.41) is 12.3. The average molecular weight is 386 g/mol. The third kappa shape index (κ3) is 4.81. The Bertz CT molecular complexity index is 820. The molecule has 3 atom stereocenters. The van der Waals surface area contributed by atoms with Gasteiger partial charge in [-0.25, -0.2) is 0 Å². The number of halogens is 1. The molecular weight excluding hydrogens is 366 g/mol. The van der Waals surface area contributed by atoms with E-state index < -0.39 is 6.04 Å². The quantitative estimate of drug-likeness (QED) is 0.401. The van der Waals surface area contributed by atoms with E-state index in [1.807, 2.05) is 48.5 Å². The number of carbonyl (C=O) groups excluding carboxylic acids is 1. The first kappa shape index (κ1) is 19.3. The predicted octanol–water partition coefficient (Wildman–Crippen LogP) is 4.43. The Balaban J connectivity index is 1.84. The van der Waals surface area contributed by atoms with Gasteiger partial charge in [0.2, 0.25) is 6.04 Å². The molecule has 27 heavy (non-hydrogen) atoms. The molecular formula is C21H20ClNO4. The monoisotopic (exact) mass is 385 g/mol. The first-order valence-electron chi connectivity index (χ1n) is 8.75. The molecule has 0 saturated heterocycles. The second kappa shape index (κ2) is 8.93. The van der Waals surface area contributed by atoms with Crippen molar-refractivity contribution in [1.82, 2.24) is 0 Å². The van der Waals surface area contributed by atoms with Crippen LogP contribution in [0.3, 0.4) is 0 Å². The molecule has 2 aromatic carbocycles. The highest BCUT2D eigenvalue weighted by atomic mass is 35.5. The minimum atomic E-state index is -0.873. The molecule has 1 aliphatic carbocycles. The van der Waals surface area contributed by atoms with E-state index in [0.717, 1.165) is 11.1 Å². The number of benzene rings is 2. The minimum Gasteiger partial charge on any atom is -0.376 e. The third-order valence-electron chi connectivity index (χ3n) is 4.85. The van der Waals surface area contributed by atoms with Gasteiger partial charge in [-0.1, -0.05) is 60.1 Å². The summed E-state index contributed by atoms with van der Waals surface area (Å²) in [6, 6.07) is 15.9. The van der Waals surface area contributed by atoms with Crippen LogP contribution in [-0.2, 0) is 16.1 Å². The van der Waals surface area contributed by atoms with Gasteiger partial charge in [0.1, 0.15) is 6.29 Å². The van der Waals surface area contributed by atoms with Gasteiger partial charge in [-0.15, -0.1) is 0 Å². The lowest BCUT2D eigenvalue weighted by Crippen LogP contribution is -2.37. The van der Waals surface area contributed by atoms with Gasteiger partial charge >= 0.3 is 0 Å². The van der Waals surface area contributed by atoms with Crippen LogP contribution in [0.15, 0.2) is 66.2 Å². The predicted molar refractivity (Wildman–Crippen MR) is 103 cm³/mol. The molecule has 0 heterocycles. The largest absolute Gasteiger partial charge is 0.376 e. The SMILES string of the molecule is O=CC1=C[C@H](COCc2ccccc2)[C@@H](c2ccc(Cl)cc2)[C@@H]([N+](=O)[O-])C1. The molecule has 0 bridgehead atoms. The Morgan fingerprint density at radius 3 is 2.48 bits per heavy atom. The molecule has 0 N–H and O–H groups in total. The van der Waals surface area contributed by atoms with Crippen LogP contribution >= 0.6 is 11.6 Å². The maximum Gasteiger partial charge on any atom is 0.224 e. The smallest absolute Gasteiger partial charge is 0.224 e. The number of hydrogen-bond acceptors (Lipinski definition) is 4. The number of hydrogen-bond donors (Lipinski definition) is 0. The summed E-state index contributed by atoms with van der Waals surface area (Å²) in [5.41, 5.74) is 2.31. The van der Waals surface area contributed by atoms with E-state index in [2.05, 4.69) is 0 Å². The van der Waals surface area contributed by atoms with Crippen molar-refractivity contribution in [2.75, 3.05) is 6.61 Å².